The standard InChI is InChI=1S/C14H18N4O2/c1-10-2-4-11(5-3-10)8-16-14-13(18(19)20)6-12(7-15)9-17-14/h6,9-11H,2-5,8H2,1H3,(H,16,17). The number of anilines is 1. The third-order valence-corrected chi connectivity index (χ3v) is 3.89. The Morgan fingerprint density at radius 1 is 1.50 bits per heavy atom. The highest BCUT2D eigenvalue weighted by molar-refractivity contribution is 5.58. The van der Waals surface area contributed by atoms with Gasteiger partial charge in [-0.1, -0.05) is 19.8 Å². The van der Waals surface area contributed by atoms with Crippen LogP contribution in [0, 0.1) is 33.3 Å². The zero-order valence-corrected chi connectivity index (χ0v) is 11.5. The molecule has 1 saturated carbocycles. The minimum absolute atomic E-state index is 0.131. The van der Waals surface area contributed by atoms with Gasteiger partial charge in [-0.3, -0.25) is 10.1 Å². The molecule has 1 heterocycles. The first kappa shape index (κ1) is 14.3. The summed E-state index contributed by atoms with van der Waals surface area (Å²) in [5.74, 6) is 1.59. The molecule has 0 aliphatic heterocycles. The third kappa shape index (κ3) is 3.44. The second-order valence-corrected chi connectivity index (χ2v) is 5.47. The summed E-state index contributed by atoms with van der Waals surface area (Å²) in [4.78, 5) is 14.5. The van der Waals surface area contributed by atoms with Crippen molar-refractivity contribution in [2.45, 2.75) is 32.6 Å². The number of nitriles is 1. The first-order chi connectivity index (χ1) is 9.60. The van der Waals surface area contributed by atoms with Crippen LogP contribution >= 0.6 is 0 Å². The smallest absolute Gasteiger partial charge is 0.312 e. The average Bonchev–Trinajstić information content (AvgIpc) is 2.46. The molecule has 1 aromatic heterocycles. The van der Waals surface area contributed by atoms with E-state index in [-0.39, 0.29) is 17.1 Å². The van der Waals surface area contributed by atoms with Crippen LogP contribution in [0.1, 0.15) is 38.2 Å². The summed E-state index contributed by atoms with van der Waals surface area (Å²) in [5, 5.41) is 22.8. The average molecular weight is 274 g/mol. The van der Waals surface area contributed by atoms with Gasteiger partial charge in [-0.05, 0) is 24.7 Å². The van der Waals surface area contributed by atoms with E-state index in [0.29, 0.717) is 12.5 Å². The quantitative estimate of drug-likeness (QED) is 0.672. The fourth-order valence-corrected chi connectivity index (χ4v) is 2.56. The van der Waals surface area contributed by atoms with Crippen LogP contribution in [-0.2, 0) is 0 Å². The number of aromatic nitrogens is 1. The molecule has 6 nitrogen and oxygen atoms in total. The van der Waals surface area contributed by atoms with Crippen molar-refractivity contribution in [3.05, 3.63) is 27.9 Å². The molecule has 6 heteroatoms. The summed E-state index contributed by atoms with van der Waals surface area (Å²) < 4.78 is 0. The van der Waals surface area contributed by atoms with E-state index < -0.39 is 4.92 Å². The predicted octanol–water partition coefficient (Wildman–Crippen LogP) is 3.10. The summed E-state index contributed by atoms with van der Waals surface area (Å²) in [6.07, 6.45) is 6.10. The summed E-state index contributed by atoms with van der Waals surface area (Å²) in [6.45, 7) is 2.96. The molecule has 0 atom stereocenters. The van der Waals surface area contributed by atoms with E-state index in [1.54, 1.807) is 0 Å². The summed E-state index contributed by atoms with van der Waals surface area (Å²) >= 11 is 0. The lowest BCUT2D eigenvalue weighted by Crippen LogP contribution is -2.21. The molecule has 1 fully saturated rings. The van der Waals surface area contributed by atoms with Crippen LogP contribution in [0.25, 0.3) is 0 Å². The van der Waals surface area contributed by atoms with Crippen molar-refractivity contribution in [3.63, 3.8) is 0 Å². The van der Waals surface area contributed by atoms with Crippen LogP contribution < -0.4 is 5.32 Å². The molecular weight excluding hydrogens is 256 g/mol. The Morgan fingerprint density at radius 2 is 2.20 bits per heavy atom. The van der Waals surface area contributed by atoms with Crippen LogP contribution in [0.3, 0.4) is 0 Å². The Bertz CT molecular complexity index is 530. The van der Waals surface area contributed by atoms with Crippen molar-refractivity contribution in [2.24, 2.45) is 11.8 Å². The number of pyridine rings is 1. The summed E-state index contributed by atoms with van der Waals surface area (Å²) in [6, 6.07) is 3.13. The van der Waals surface area contributed by atoms with Gasteiger partial charge in [0.15, 0.2) is 0 Å². The molecule has 2 rings (SSSR count). The molecule has 1 aliphatic rings. The minimum atomic E-state index is -0.501. The second-order valence-electron chi connectivity index (χ2n) is 5.47. The largest absolute Gasteiger partial charge is 0.364 e. The maximum Gasteiger partial charge on any atom is 0.312 e. The first-order valence-electron chi connectivity index (χ1n) is 6.88. The molecule has 1 aliphatic carbocycles. The van der Waals surface area contributed by atoms with Gasteiger partial charge < -0.3 is 5.32 Å². The maximum absolute atomic E-state index is 11.0. The van der Waals surface area contributed by atoms with Crippen molar-refractivity contribution in [1.29, 1.82) is 5.26 Å². The molecular formula is C14H18N4O2. The SMILES string of the molecule is CC1CCC(CNc2ncc(C#N)cc2[N+](=O)[O-])CC1. The van der Waals surface area contributed by atoms with Gasteiger partial charge in [-0.25, -0.2) is 4.98 Å². The number of nitrogens with one attached hydrogen (secondary N) is 1. The van der Waals surface area contributed by atoms with Crippen molar-refractivity contribution in [3.8, 4) is 6.07 Å². The highest BCUT2D eigenvalue weighted by atomic mass is 16.6. The molecule has 106 valence electrons. The molecule has 0 amide bonds. The normalized spacial score (nSPS) is 22.0. The van der Waals surface area contributed by atoms with Gasteiger partial charge in [0.25, 0.3) is 0 Å². The number of nitro groups is 1. The van der Waals surface area contributed by atoms with E-state index in [4.69, 9.17) is 5.26 Å². The zero-order chi connectivity index (χ0) is 14.5. The molecule has 1 aromatic rings. The number of nitrogens with zero attached hydrogens (tertiary/aromatic N) is 3. The number of rotatable bonds is 4. The predicted molar refractivity (Wildman–Crippen MR) is 75.2 cm³/mol. The van der Waals surface area contributed by atoms with Gasteiger partial charge >= 0.3 is 5.69 Å². The van der Waals surface area contributed by atoms with Gasteiger partial charge in [0.05, 0.1) is 10.5 Å². The Kier molecular flexibility index (Phi) is 4.51. The zero-order valence-electron chi connectivity index (χ0n) is 11.5. The lowest BCUT2D eigenvalue weighted by Gasteiger charge is -2.26. The number of hydrogen-bond donors (Lipinski definition) is 1. The first-order valence-corrected chi connectivity index (χ1v) is 6.88. The van der Waals surface area contributed by atoms with E-state index in [9.17, 15) is 10.1 Å². The molecule has 0 bridgehead atoms. The van der Waals surface area contributed by atoms with Crippen LogP contribution in [-0.4, -0.2) is 16.5 Å². The van der Waals surface area contributed by atoms with E-state index in [1.165, 1.54) is 25.1 Å². The molecule has 0 unspecified atom stereocenters. The van der Waals surface area contributed by atoms with Crippen LogP contribution in [0.2, 0.25) is 0 Å². The van der Waals surface area contributed by atoms with Crippen LogP contribution in [0.5, 0.6) is 0 Å². The molecule has 0 spiro atoms. The van der Waals surface area contributed by atoms with Crippen molar-refractivity contribution >= 4 is 11.5 Å². The monoisotopic (exact) mass is 274 g/mol. The fraction of sp³-hybridized carbons (Fsp3) is 0.571. The highest BCUT2D eigenvalue weighted by Gasteiger charge is 2.21. The summed E-state index contributed by atoms with van der Waals surface area (Å²) in [7, 11) is 0. The van der Waals surface area contributed by atoms with Gasteiger partial charge in [0.2, 0.25) is 5.82 Å². The van der Waals surface area contributed by atoms with E-state index in [2.05, 4.69) is 17.2 Å². The van der Waals surface area contributed by atoms with E-state index >= 15 is 0 Å². The Labute approximate surface area is 118 Å². The molecule has 1 N–H and O–H groups in total. The van der Waals surface area contributed by atoms with Crippen molar-refractivity contribution < 1.29 is 4.92 Å². The molecule has 0 radical (unpaired) electrons. The number of hydrogen-bond acceptors (Lipinski definition) is 5. The molecule has 20 heavy (non-hydrogen) atoms. The van der Waals surface area contributed by atoms with E-state index in [1.807, 2.05) is 6.07 Å². The van der Waals surface area contributed by atoms with Gasteiger partial charge in [-0.15, -0.1) is 0 Å². The Balaban J connectivity index is 2.02. The van der Waals surface area contributed by atoms with Crippen LogP contribution in [0.4, 0.5) is 11.5 Å². The minimum Gasteiger partial charge on any atom is -0.364 e. The third-order valence-electron chi connectivity index (χ3n) is 3.89. The topological polar surface area (TPSA) is 91.8 Å². The highest BCUT2D eigenvalue weighted by Crippen LogP contribution is 2.29. The van der Waals surface area contributed by atoms with Crippen molar-refractivity contribution in [1.82, 2.24) is 4.98 Å². The lowest BCUT2D eigenvalue weighted by molar-refractivity contribution is -0.384. The van der Waals surface area contributed by atoms with Crippen molar-refractivity contribution in [2.75, 3.05) is 11.9 Å². The molecule has 0 saturated heterocycles. The van der Waals surface area contributed by atoms with Crippen LogP contribution in [0.15, 0.2) is 12.3 Å². The molecule has 0 aromatic carbocycles. The second kappa shape index (κ2) is 6.33. The summed E-state index contributed by atoms with van der Waals surface area (Å²) in [5.41, 5.74) is 0.0713. The Hall–Kier alpha value is -2.16. The fourth-order valence-electron chi connectivity index (χ4n) is 2.56. The lowest BCUT2D eigenvalue weighted by atomic mass is 9.83. The Morgan fingerprint density at radius 3 is 2.80 bits per heavy atom. The van der Waals surface area contributed by atoms with E-state index in [0.717, 1.165) is 18.8 Å². The van der Waals surface area contributed by atoms with Gasteiger partial charge in [0, 0.05) is 18.8 Å². The maximum atomic E-state index is 11.0. The van der Waals surface area contributed by atoms with Gasteiger partial charge in [0.1, 0.15) is 6.07 Å². The van der Waals surface area contributed by atoms with Gasteiger partial charge in [-0.2, -0.15) is 5.26 Å².